The molecule has 5 aromatic rings. The summed E-state index contributed by atoms with van der Waals surface area (Å²) in [5, 5.41) is 7.37. The van der Waals surface area contributed by atoms with E-state index in [1.165, 1.54) is 6.26 Å². The lowest BCUT2D eigenvalue weighted by Gasteiger charge is -2.20. The average molecular weight is 512 g/mol. The maximum atomic E-state index is 13.0. The van der Waals surface area contributed by atoms with Crippen LogP contribution in [0.15, 0.2) is 77.4 Å². The van der Waals surface area contributed by atoms with Crippen molar-refractivity contribution in [3.8, 4) is 22.4 Å². The molecule has 37 heavy (non-hydrogen) atoms. The number of furan rings is 1. The lowest BCUT2D eigenvalue weighted by molar-refractivity contribution is 0.0918. The van der Waals surface area contributed by atoms with Gasteiger partial charge in [0.05, 0.1) is 16.8 Å². The highest BCUT2D eigenvalue weighted by atomic mass is 32.2. The van der Waals surface area contributed by atoms with Crippen molar-refractivity contribution in [3.63, 3.8) is 0 Å². The van der Waals surface area contributed by atoms with Crippen LogP contribution in [-0.2, 0) is 0 Å². The average Bonchev–Trinajstić information content (AvgIpc) is 3.49. The van der Waals surface area contributed by atoms with E-state index in [0.717, 1.165) is 38.7 Å². The van der Waals surface area contributed by atoms with Crippen molar-refractivity contribution in [3.05, 3.63) is 84.1 Å². The Kier molecular flexibility index (Phi) is 6.33. The number of carbonyl (C=O) groups is 2. The van der Waals surface area contributed by atoms with E-state index in [4.69, 9.17) is 4.42 Å². The third-order valence-corrected chi connectivity index (χ3v) is 6.97. The SMILES string of the molecule is CNC(=O)c1coc2c1cc(-c1cccc(C(=O)NC(C)(C)C)c1)c1c2cc(-c2ccccc2)n1SC. The molecule has 0 saturated heterocycles. The first kappa shape index (κ1) is 24.7. The van der Waals surface area contributed by atoms with Gasteiger partial charge in [0, 0.05) is 40.7 Å². The summed E-state index contributed by atoms with van der Waals surface area (Å²) in [5.41, 5.74) is 6.21. The molecule has 0 bridgehead atoms. The summed E-state index contributed by atoms with van der Waals surface area (Å²) in [6, 6.07) is 21.9. The Morgan fingerprint density at radius 3 is 2.30 bits per heavy atom. The summed E-state index contributed by atoms with van der Waals surface area (Å²) < 4.78 is 8.18. The van der Waals surface area contributed by atoms with Crippen LogP contribution in [0.25, 0.3) is 44.3 Å². The largest absolute Gasteiger partial charge is 0.463 e. The Labute approximate surface area is 220 Å². The fraction of sp³-hybridized carbons (Fsp3) is 0.200. The molecule has 0 saturated carbocycles. The van der Waals surface area contributed by atoms with Crippen LogP contribution in [0.3, 0.4) is 0 Å². The Balaban J connectivity index is 1.82. The second-order valence-electron chi connectivity index (χ2n) is 9.95. The van der Waals surface area contributed by atoms with E-state index in [2.05, 4.69) is 32.8 Å². The number of benzene rings is 3. The summed E-state index contributed by atoms with van der Waals surface area (Å²) in [6.45, 7) is 5.88. The molecule has 2 amide bonds. The van der Waals surface area contributed by atoms with Crippen LogP contribution >= 0.6 is 11.9 Å². The molecular formula is C30H29N3O3S. The molecule has 7 heteroatoms. The van der Waals surface area contributed by atoms with Gasteiger partial charge >= 0.3 is 0 Å². The molecule has 0 aliphatic rings. The first-order chi connectivity index (χ1) is 17.7. The maximum absolute atomic E-state index is 13.0. The molecular weight excluding hydrogens is 482 g/mol. The van der Waals surface area contributed by atoms with E-state index in [1.54, 1.807) is 19.0 Å². The quantitative estimate of drug-likeness (QED) is 0.274. The third kappa shape index (κ3) is 4.51. The standard InChI is InChI=1S/C30H29N3O3S/c1-30(2,3)32-28(34)20-13-9-12-19(14-20)21-15-22-24(29(35)31-4)17-36-27(22)23-16-25(33(37-5)26(21)23)18-10-7-6-8-11-18/h6-17H,1-5H3,(H,31,35)(H,32,34). The molecule has 0 spiro atoms. The van der Waals surface area contributed by atoms with Crippen LogP contribution in [0.5, 0.6) is 0 Å². The summed E-state index contributed by atoms with van der Waals surface area (Å²) in [4.78, 5) is 25.6. The van der Waals surface area contributed by atoms with Crippen molar-refractivity contribution in [1.29, 1.82) is 0 Å². The third-order valence-electron chi connectivity index (χ3n) is 6.22. The van der Waals surface area contributed by atoms with Gasteiger partial charge in [-0.05, 0) is 68.1 Å². The van der Waals surface area contributed by atoms with Crippen molar-refractivity contribution in [2.75, 3.05) is 13.3 Å². The second kappa shape index (κ2) is 9.48. The molecule has 0 atom stereocenters. The summed E-state index contributed by atoms with van der Waals surface area (Å²) in [6.07, 6.45) is 3.55. The highest BCUT2D eigenvalue weighted by Gasteiger charge is 2.23. The topological polar surface area (TPSA) is 76.3 Å². The van der Waals surface area contributed by atoms with E-state index in [-0.39, 0.29) is 17.4 Å². The highest BCUT2D eigenvalue weighted by molar-refractivity contribution is 7.97. The molecule has 6 nitrogen and oxygen atoms in total. The van der Waals surface area contributed by atoms with Crippen LogP contribution in [0.1, 0.15) is 41.5 Å². The predicted molar refractivity (Wildman–Crippen MR) is 152 cm³/mol. The fourth-order valence-electron chi connectivity index (χ4n) is 4.62. The van der Waals surface area contributed by atoms with Crippen molar-refractivity contribution >= 4 is 45.6 Å². The van der Waals surface area contributed by atoms with E-state index in [0.29, 0.717) is 16.7 Å². The van der Waals surface area contributed by atoms with Gasteiger partial charge in [-0.2, -0.15) is 0 Å². The first-order valence-corrected chi connectivity index (χ1v) is 13.2. The fourth-order valence-corrected chi connectivity index (χ4v) is 5.36. The van der Waals surface area contributed by atoms with E-state index in [1.807, 2.05) is 75.6 Å². The number of carbonyl (C=O) groups excluding carboxylic acids is 2. The van der Waals surface area contributed by atoms with Crippen molar-refractivity contribution in [1.82, 2.24) is 14.6 Å². The van der Waals surface area contributed by atoms with E-state index in [9.17, 15) is 9.59 Å². The lowest BCUT2D eigenvalue weighted by atomic mass is 9.97. The smallest absolute Gasteiger partial charge is 0.254 e. The Hall–Kier alpha value is -3.97. The van der Waals surface area contributed by atoms with Gasteiger partial charge in [-0.15, -0.1) is 0 Å². The molecule has 2 aromatic heterocycles. The van der Waals surface area contributed by atoms with Gasteiger partial charge in [-0.1, -0.05) is 42.5 Å². The number of amides is 2. The zero-order chi connectivity index (χ0) is 26.3. The molecule has 5 rings (SSSR count). The van der Waals surface area contributed by atoms with Crippen molar-refractivity contribution in [2.45, 2.75) is 26.3 Å². The number of hydrogen-bond acceptors (Lipinski definition) is 4. The van der Waals surface area contributed by atoms with Gasteiger partial charge in [-0.3, -0.25) is 13.6 Å². The molecule has 0 fully saturated rings. The second-order valence-corrected chi connectivity index (χ2v) is 10.7. The molecule has 0 unspecified atom stereocenters. The number of rotatable bonds is 5. The zero-order valence-corrected chi connectivity index (χ0v) is 22.3. The molecule has 0 aliphatic carbocycles. The number of nitrogens with zero attached hydrogens (tertiary/aromatic N) is 1. The van der Waals surface area contributed by atoms with Gasteiger partial charge in [0.1, 0.15) is 11.8 Å². The van der Waals surface area contributed by atoms with Gasteiger partial charge in [0.15, 0.2) is 0 Å². The van der Waals surface area contributed by atoms with Crippen LogP contribution in [-0.4, -0.2) is 34.6 Å². The zero-order valence-electron chi connectivity index (χ0n) is 21.5. The number of nitrogens with one attached hydrogen (secondary N) is 2. The van der Waals surface area contributed by atoms with Gasteiger partial charge in [0.25, 0.3) is 11.8 Å². The minimum atomic E-state index is -0.351. The maximum Gasteiger partial charge on any atom is 0.254 e. The lowest BCUT2D eigenvalue weighted by Crippen LogP contribution is -2.40. The van der Waals surface area contributed by atoms with Gasteiger partial charge in [0.2, 0.25) is 0 Å². The predicted octanol–water partition coefficient (Wildman–Crippen LogP) is 6.74. The molecule has 2 heterocycles. The summed E-state index contributed by atoms with van der Waals surface area (Å²) in [7, 11) is 1.61. The van der Waals surface area contributed by atoms with Crippen LogP contribution < -0.4 is 10.6 Å². The molecule has 3 aromatic carbocycles. The van der Waals surface area contributed by atoms with Gasteiger partial charge in [-0.25, -0.2) is 0 Å². The Bertz CT molecular complexity index is 1640. The number of fused-ring (bicyclic) bond motifs is 3. The molecule has 2 N–H and O–H groups in total. The number of aromatic nitrogens is 1. The number of hydrogen-bond donors (Lipinski definition) is 2. The molecule has 188 valence electrons. The summed E-state index contributed by atoms with van der Waals surface area (Å²) >= 11 is 1.60. The van der Waals surface area contributed by atoms with E-state index >= 15 is 0 Å². The van der Waals surface area contributed by atoms with E-state index < -0.39 is 0 Å². The Morgan fingerprint density at radius 1 is 0.892 bits per heavy atom. The van der Waals surface area contributed by atoms with Crippen LogP contribution in [0, 0.1) is 0 Å². The van der Waals surface area contributed by atoms with Gasteiger partial charge < -0.3 is 15.1 Å². The normalized spacial score (nSPS) is 11.7. The molecule has 0 radical (unpaired) electrons. The highest BCUT2D eigenvalue weighted by Crippen LogP contribution is 2.42. The van der Waals surface area contributed by atoms with Crippen LogP contribution in [0.4, 0.5) is 0 Å². The Morgan fingerprint density at radius 2 is 1.62 bits per heavy atom. The molecule has 0 aliphatic heterocycles. The minimum absolute atomic E-state index is 0.133. The minimum Gasteiger partial charge on any atom is -0.463 e. The van der Waals surface area contributed by atoms with Crippen molar-refractivity contribution in [2.24, 2.45) is 0 Å². The summed E-state index contributed by atoms with van der Waals surface area (Å²) in [5.74, 6) is -0.346. The van der Waals surface area contributed by atoms with Crippen LogP contribution in [0.2, 0.25) is 0 Å². The monoisotopic (exact) mass is 511 g/mol. The first-order valence-electron chi connectivity index (χ1n) is 12.1. The van der Waals surface area contributed by atoms with Crippen molar-refractivity contribution < 1.29 is 14.0 Å².